The number of para-hydroxylation sites is 1. The zero-order valence-electron chi connectivity index (χ0n) is 15.9. The second-order valence-corrected chi connectivity index (χ2v) is 6.40. The molecule has 2 amide bonds. The van der Waals surface area contributed by atoms with Crippen LogP contribution in [0.15, 0.2) is 53.5 Å². The molecule has 0 radical (unpaired) electrons. The van der Waals surface area contributed by atoms with Gasteiger partial charge >= 0.3 is 0 Å². The van der Waals surface area contributed by atoms with Crippen molar-refractivity contribution in [2.45, 2.75) is 12.3 Å². The van der Waals surface area contributed by atoms with Gasteiger partial charge in [-0.2, -0.15) is 0 Å². The van der Waals surface area contributed by atoms with Crippen molar-refractivity contribution in [3.63, 3.8) is 0 Å². The number of carbonyl (C=O) groups excluding carboxylic acids is 2. The number of guanidine groups is 1. The van der Waals surface area contributed by atoms with Gasteiger partial charge in [0.05, 0.1) is 6.54 Å². The third-order valence-corrected chi connectivity index (χ3v) is 4.39. The molecule has 0 bridgehead atoms. The van der Waals surface area contributed by atoms with Crippen molar-refractivity contribution in [2.75, 3.05) is 30.8 Å². The van der Waals surface area contributed by atoms with E-state index in [-0.39, 0.29) is 54.1 Å². The topological polar surface area (TPSA) is 94.6 Å². The average molecular weight is 511 g/mol. The highest BCUT2D eigenvalue weighted by atomic mass is 127. The van der Waals surface area contributed by atoms with Crippen molar-refractivity contribution in [2.24, 2.45) is 4.99 Å². The molecule has 7 nitrogen and oxygen atoms in total. The summed E-state index contributed by atoms with van der Waals surface area (Å²) in [6, 6.07) is 13.2. The van der Waals surface area contributed by atoms with Crippen LogP contribution in [-0.2, 0) is 9.59 Å². The van der Waals surface area contributed by atoms with Crippen LogP contribution in [-0.4, -0.2) is 37.9 Å². The average Bonchev–Trinajstić information content (AvgIpc) is 2.69. The smallest absolute Gasteiger partial charge is 0.243 e. The maximum Gasteiger partial charge on any atom is 0.243 e. The molecule has 0 aliphatic carbocycles. The minimum atomic E-state index is -0.362. The number of nitrogens with zero attached hydrogens (tertiary/aromatic N) is 1. The number of amides is 2. The van der Waals surface area contributed by atoms with E-state index in [1.54, 1.807) is 7.05 Å². The minimum Gasteiger partial charge on any atom is -0.356 e. The molecule has 1 heterocycles. The van der Waals surface area contributed by atoms with Gasteiger partial charge < -0.3 is 21.3 Å². The molecule has 0 aromatic heterocycles. The molecule has 1 atom stereocenters. The lowest BCUT2D eigenvalue weighted by Gasteiger charge is -2.26. The van der Waals surface area contributed by atoms with Crippen LogP contribution < -0.4 is 21.3 Å². The lowest BCUT2D eigenvalue weighted by Crippen LogP contribution is -2.43. The van der Waals surface area contributed by atoms with Crippen LogP contribution in [0.4, 0.5) is 15.8 Å². The minimum absolute atomic E-state index is 0. The van der Waals surface area contributed by atoms with E-state index in [0.29, 0.717) is 24.6 Å². The largest absolute Gasteiger partial charge is 0.356 e. The highest BCUT2D eigenvalue weighted by molar-refractivity contribution is 14.0. The summed E-state index contributed by atoms with van der Waals surface area (Å²) in [4.78, 5) is 28.0. The van der Waals surface area contributed by atoms with Gasteiger partial charge in [-0.15, -0.1) is 24.0 Å². The van der Waals surface area contributed by atoms with E-state index in [9.17, 15) is 14.0 Å². The number of anilines is 2. The van der Waals surface area contributed by atoms with Gasteiger partial charge in [0.25, 0.3) is 0 Å². The molecule has 1 aliphatic rings. The van der Waals surface area contributed by atoms with Crippen LogP contribution >= 0.6 is 24.0 Å². The first-order chi connectivity index (χ1) is 13.5. The molecule has 29 heavy (non-hydrogen) atoms. The molecule has 2 aromatic carbocycles. The van der Waals surface area contributed by atoms with Gasteiger partial charge in [-0.3, -0.25) is 14.6 Å². The molecule has 0 saturated heterocycles. The van der Waals surface area contributed by atoms with Crippen molar-refractivity contribution in [3.8, 4) is 0 Å². The van der Waals surface area contributed by atoms with Gasteiger partial charge in [-0.05, 0) is 35.9 Å². The van der Waals surface area contributed by atoms with Gasteiger partial charge in [0.1, 0.15) is 5.82 Å². The summed E-state index contributed by atoms with van der Waals surface area (Å²) >= 11 is 0. The van der Waals surface area contributed by atoms with Crippen molar-refractivity contribution in [1.82, 2.24) is 10.6 Å². The summed E-state index contributed by atoms with van der Waals surface area (Å²) in [5, 5.41) is 11.6. The van der Waals surface area contributed by atoms with Gasteiger partial charge in [-0.1, -0.05) is 18.2 Å². The van der Waals surface area contributed by atoms with E-state index in [1.807, 2.05) is 24.3 Å². The van der Waals surface area contributed by atoms with E-state index in [1.165, 1.54) is 24.3 Å². The maximum absolute atomic E-state index is 12.9. The molecule has 1 aliphatic heterocycles. The zero-order valence-corrected chi connectivity index (χ0v) is 18.2. The Bertz CT molecular complexity index is 889. The highest BCUT2D eigenvalue weighted by Gasteiger charge is 2.24. The highest BCUT2D eigenvalue weighted by Crippen LogP contribution is 2.31. The van der Waals surface area contributed by atoms with Crippen LogP contribution in [0.1, 0.15) is 17.9 Å². The third-order valence-electron chi connectivity index (χ3n) is 4.39. The fraction of sp³-hybridized carbons (Fsp3) is 0.250. The second-order valence-electron chi connectivity index (χ2n) is 6.40. The molecule has 0 saturated carbocycles. The van der Waals surface area contributed by atoms with Crippen LogP contribution in [0.3, 0.4) is 0 Å². The monoisotopic (exact) mass is 511 g/mol. The molecular formula is C20H23FIN5O2. The first kappa shape index (κ1) is 22.6. The predicted molar refractivity (Wildman–Crippen MR) is 122 cm³/mol. The molecule has 1 unspecified atom stereocenters. The third kappa shape index (κ3) is 6.41. The van der Waals surface area contributed by atoms with Gasteiger partial charge in [0, 0.05) is 37.3 Å². The van der Waals surface area contributed by atoms with Crippen LogP contribution in [0, 0.1) is 5.82 Å². The van der Waals surface area contributed by atoms with Crippen LogP contribution in [0.2, 0.25) is 0 Å². The molecule has 3 rings (SSSR count). The number of carbonyl (C=O) groups is 2. The Labute approximate surface area is 185 Å². The Kier molecular flexibility index (Phi) is 8.37. The maximum atomic E-state index is 12.9. The summed E-state index contributed by atoms with van der Waals surface area (Å²) in [6.07, 6.45) is 0.381. The quantitative estimate of drug-likeness (QED) is 0.282. The van der Waals surface area contributed by atoms with Crippen LogP contribution in [0.25, 0.3) is 0 Å². The lowest BCUT2D eigenvalue weighted by molar-refractivity contribution is -0.117. The first-order valence-corrected chi connectivity index (χ1v) is 8.94. The molecule has 154 valence electrons. The van der Waals surface area contributed by atoms with Gasteiger partial charge in [0.2, 0.25) is 11.8 Å². The molecule has 2 aromatic rings. The molecule has 9 heteroatoms. The number of nitrogens with one attached hydrogen (secondary N) is 4. The number of hydrogen-bond donors (Lipinski definition) is 4. The van der Waals surface area contributed by atoms with E-state index in [0.717, 1.165) is 11.3 Å². The van der Waals surface area contributed by atoms with E-state index in [4.69, 9.17) is 0 Å². The van der Waals surface area contributed by atoms with Crippen molar-refractivity contribution < 1.29 is 14.0 Å². The number of halogens is 2. The Hall–Kier alpha value is -2.69. The summed E-state index contributed by atoms with van der Waals surface area (Å²) in [6.45, 7) is 0.502. The summed E-state index contributed by atoms with van der Waals surface area (Å²) in [5.41, 5.74) is 2.41. The number of rotatable bonds is 5. The Morgan fingerprint density at radius 1 is 1.17 bits per heavy atom. The summed E-state index contributed by atoms with van der Waals surface area (Å²) in [7, 11) is 1.61. The fourth-order valence-electron chi connectivity index (χ4n) is 3.03. The normalized spacial score (nSPS) is 15.4. The SMILES string of the molecule is CN=C(NCC(=O)Nc1ccc(F)cc1)NCC1CC(=O)Nc2ccccc21.I. The molecule has 0 spiro atoms. The Morgan fingerprint density at radius 2 is 1.90 bits per heavy atom. The van der Waals surface area contributed by atoms with E-state index < -0.39 is 0 Å². The summed E-state index contributed by atoms with van der Waals surface area (Å²) in [5.74, 6) is -0.197. The Morgan fingerprint density at radius 3 is 2.62 bits per heavy atom. The fourth-order valence-corrected chi connectivity index (χ4v) is 3.03. The molecular weight excluding hydrogens is 488 g/mol. The van der Waals surface area contributed by atoms with Gasteiger partial charge in [-0.25, -0.2) is 4.39 Å². The summed E-state index contributed by atoms with van der Waals surface area (Å²) < 4.78 is 12.9. The van der Waals surface area contributed by atoms with Crippen molar-refractivity contribution in [3.05, 3.63) is 59.9 Å². The number of hydrogen-bond acceptors (Lipinski definition) is 3. The van der Waals surface area contributed by atoms with Crippen LogP contribution in [0.5, 0.6) is 0 Å². The lowest BCUT2D eigenvalue weighted by atomic mass is 9.90. The van der Waals surface area contributed by atoms with Gasteiger partial charge in [0.15, 0.2) is 5.96 Å². The van der Waals surface area contributed by atoms with Crippen molar-refractivity contribution in [1.29, 1.82) is 0 Å². The zero-order chi connectivity index (χ0) is 19.9. The standard InChI is InChI=1S/C20H22FN5O2.HI/c1-22-20(24-12-19(28)25-15-8-6-14(21)7-9-15)23-11-13-10-18(27)26-17-5-3-2-4-16(13)17;/h2-9,13H,10-12H2,1H3,(H,25,28)(H,26,27)(H2,22,23,24);1H. The molecule has 4 N–H and O–H groups in total. The number of benzene rings is 2. The van der Waals surface area contributed by atoms with E-state index >= 15 is 0 Å². The Balaban J connectivity index is 0.00000300. The molecule has 0 fully saturated rings. The second kappa shape index (κ2) is 10.7. The number of aliphatic imine (C=N–C) groups is 1. The predicted octanol–water partition coefficient (Wildman–Crippen LogP) is 2.67. The van der Waals surface area contributed by atoms with Crippen molar-refractivity contribution >= 4 is 53.1 Å². The first-order valence-electron chi connectivity index (χ1n) is 8.94. The van der Waals surface area contributed by atoms with E-state index in [2.05, 4.69) is 26.3 Å². The number of fused-ring (bicyclic) bond motifs is 1.